The van der Waals surface area contributed by atoms with Crippen LogP contribution in [-0.2, 0) is 0 Å². The van der Waals surface area contributed by atoms with E-state index in [-0.39, 0.29) is 5.78 Å². The molecule has 4 heteroatoms. The molecule has 0 fully saturated rings. The van der Waals surface area contributed by atoms with Crippen molar-refractivity contribution in [3.05, 3.63) is 29.8 Å². The summed E-state index contributed by atoms with van der Waals surface area (Å²) < 4.78 is 0. The van der Waals surface area contributed by atoms with Gasteiger partial charge in [-0.25, -0.2) is 0 Å². The van der Waals surface area contributed by atoms with Crippen molar-refractivity contribution < 1.29 is 4.79 Å². The van der Waals surface area contributed by atoms with Crippen molar-refractivity contribution in [2.24, 2.45) is 5.92 Å². The van der Waals surface area contributed by atoms with Crippen LogP contribution in [0, 0.1) is 5.92 Å². The maximum Gasteiger partial charge on any atom is 0.170 e. The molecule has 0 radical (unpaired) electrons. The Kier molecular flexibility index (Phi) is 7.37. The number of carbonyl (C=O) groups is 1. The lowest BCUT2D eigenvalue weighted by Crippen LogP contribution is -2.35. The van der Waals surface area contributed by atoms with Crippen molar-refractivity contribution in [3.8, 4) is 0 Å². The van der Waals surface area contributed by atoms with Gasteiger partial charge in [0, 0.05) is 17.3 Å². The summed E-state index contributed by atoms with van der Waals surface area (Å²) in [6.07, 6.45) is 3.57. The zero-order valence-electron chi connectivity index (χ0n) is 13.4. The first-order chi connectivity index (χ1) is 9.88. The Morgan fingerprint density at radius 2 is 1.76 bits per heavy atom. The Morgan fingerprint density at radius 1 is 1.14 bits per heavy atom. The van der Waals surface area contributed by atoms with Crippen LogP contribution in [0.15, 0.2) is 24.3 Å². The molecule has 1 unspecified atom stereocenters. The second-order valence-electron chi connectivity index (χ2n) is 5.96. The van der Waals surface area contributed by atoms with Crippen molar-refractivity contribution in [2.45, 2.75) is 53.0 Å². The zero-order valence-corrected chi connectivity index (χ0v) is 14.2. The van der Waals surface area contributed by atoms with E-state index in [1.807, 2.05) is 12.1 Å². The normalized spacial score (nSPS) is 12.0. The second kappa shape index (κ2) is 8.78. The fourth-order valence-corrected chi connectivity index (χ4v) is 2.40. The average molecular weight is 306 g/mol. The number of rotatable bonds is 7. The van der Waals surface area contributed by atoms with E-state index in [0.29, 0.717) is 16.7 Å². The Morgan fingerprint density at radius 3 is 2.29 bits per heavy atom. The van der Waals surface area contributed by atoms with Crippen LogP contribution in [0.2, 0.25) is 0 Å². The van der Waals surface area contributed by atoms with E-state index in [2.05, 4.69) is 31.4 Å². The summed E-state index contributed by atoms with van der Waals surface area (Å²) in [5.74, 6) is 0.822. The molecule has 0 aliphatic rings. The molecule has 1 rings (SSSR count). The number of nitrogens with one attached hydrogen (secondary N) is 2. The molecular weight excluding hydrogens is 280 g/mol. The van der Waals surface area contributed by atoms with Crippen LogP contribution >= 0.6 is 12.2 Å². The number of anilines is 1. The maximum absolute atomic E-state index is 11.2. The quantitative estimate of drug-likeness (QED) is 0.579. The number of thiocarbonyl (C=S) groups is 1. The molecule has 116 valence electrons. The Bertz CT molecular complexity index is 468. The van der Waals surface area contributed by atoms with E-state index in [1.165, 1.54) is 12.8 Å². The van der Waals surface area contributed by atoms with Crippen LogP contribution in [0.3, 0.4) is 0 Å². The molecule has 1 aromatic rings. The van der Waals surface area contributed by atoms with Crippen LogP contribution in [0.1, 0.15) is 57.3 Å². The van der Waals surface area contributed by atoms with Gasteiger partial charge >= 0.3 is 0 Å². The smallest absolute Gasteiger partial charge is 0.170 e. The minimum atomic E-state index is 0.0704. The van der Waals surface area contributed by atoms with E-state index < -0.39 is 0 Å². The summed E-state index contributed by atoms with van der Waals surface area (Å²) in [7, 11) is 0. The molecule has 0 aromatic heterocycles. The van der Waals surface area contributed by atoms with E-state index in [9.17, 15) is 4.79 Å². The fourth-order valence-electron chi connectivity index (χ4n) is 2.08. The third-order valence-corrected chi connectivity index (χ3v) is 3.57. The highest BCUT2D eigenvalue weighted by molar-refractivity contribution is 7.80. The third-order valence-electron chi connectivity index (χ3n) is 3.35. The lowest BCUT2D eigenvalue weighted by atomic mass is 10.0. The number of hydrogen-bond donors (Lipinski definition) is 2. The predicted octanol–water partition coefficient (Wildman–Crippen LogP) is 4.39. The summed E-state index contributed by atoms with van der Waals surface area (Å²) in [6.45, 7) is 8.20. The van der Waals surface area contributed by atoms with Gasteiger partial charge in [-0.05, 0) is 62.7 Å². The van der Waals surface area contributed by atoms with Gasteiger partial charge in [-0.2, -0.15) is 0 Å². The van der Waals surface area contributed by atoms with Gasteiger partial charge in [0.05, 0.1) is 0 Å². The number of Topliss-reactive ketones (excluding diaryl/α,β-unsaturated/α-hetero) is 1. The Hall–Kier alpha value is -1.42. The topological polar surface area (TPSA) is 41.1 Å². The first kappa shape index (κ1) is 17.6. The Balaban J connectivity index is 2.37. The van der Waals surface area contributed by atoms with Crippen LogP contribution in [0.25, 0.3) is 0 Å². The van der Waals surface area contributed by atoms with Gasteiger partial charge in [-0.3, -0.25) is 4.79 Å². The molecular formula is C17H26N2OS. The molecule has 0 aliphatic carbocycles. The SMILES string of the molecule is CC(=O)c1ccc(NC(=S)NC(C)CCCC(C)C)cc1. The molecule has 3 nitrogen and oxygen atoms in total. The predicted molar refractivity (Wildman–Crippen MR) is 94.0 cm³/mol. The van der Waals surface area contributed by atoms with Crippen LogP contribution in [0.4, 0.5) is 5.69 Å². The molecule has 0 amide bonds. The monoisotopic (exact) mass is 306 g/mol. The van der Waals surface area contributed by atoms with Gasteiger partial charge in [0.2, 0.25) is 0 Å². The van der Waals surface area contributed by atoms with Crippen molar-refractivity contribution in [1.82, 2.24) is 5.32 Å². The highest BCUT2D eigenvalue weighted by Crippen LogP contribution is 2.11. The molecule has 0 bridgehead atoms. The van der Waals surface area contributed by atoms with Crippen molar-refractivity contribution in [1.29, 1.82) is 0 Å². The lowest BCUT2D eigenvalue weighted by Gasteiger charge is -2.17. The molecule has 0 saturated heterocycles. The molecule has 0 spiro atoms. The Labute approximate surface area is 133 Å². The highest BCUT2D eigenvalue weighted by Gasteiger charge is 2.06. The van der Waals surface area contributed by atoms with Crippen molar-refractivity contribution in [3.63, 3.8) is 0 Å². The lowest BCUT2D eigenvalue weighted by molar-refractivity contribution is 0.101. The molecule has 2 N–H and O–H groups in total. The average Bonchev–Trinajstić information content (AvgIpc) is 2.38. The van der Waals surface area contributed by atoms with Gasteiger partial charge in [0.15, 0.2) is 10.9 Å². The fraction of sp³-hybridized carbons (Fsp3) is 0.529. The van der Waals surface area contributed by atoms with Crippen LogP contribution < -0.4 is 10.6 Å². The minimum absolute atomic E-state index is 0.0704. The van der Waals surface area contributed by atoms with Crippen molar-refractivity contribution in [2.75, 3.05) is 5.32 Å². The number of benzene rings is 1. The summed E-state index contributed by atoms with van der Waals surface area (Å²) in [5, 5.41) is 7.07. The molecule has 0 heterocycles. The van der Waals surface area contributed by atoms with Gasteiger partial charge in [0.25, 0.3) is 0 Å². The number of ketones is 1. The number of hydrogen-bond acceptors (Lipinski definition) is 2. The second-order valence-corrected chi connectivity index (χ2v) is 6.37. The van der Waals surface area contributed by atoms with E-state index in [1.54, 1.807) is 19.1 Å². The van der Waals surface area contributed by atoms with Gasteiger partial charge in [-0.1, -0.05) is 26.7 Å². The maximum atomic E-state index is 11.2. The zero-order chi connectivity index (χ0) is 15.8. The van der Waals surface area contributed by atoms with E-state index >= 15 is 0 Å². The van der Waals surface area contributed by atoms with E-state index in [0.717, 1.165) is 18.0 Å². The summed E-state index contributed by atoms with van der Waals surface area (Å²) >= 11 is 5.31. The first-order valence-electron chi connectivity index (χ1n) is 7.57. The van der Waals surface area contributed by atoms with Gasteiger partial charge < -0.3 is 10.6 Å². The number of carbonyl (C=O) groups excluding carboxylic acids is 1. The molecule has 21 heavy (non-hydrogen) atoms. The largest absolute Gasteiger partial charge is 0.360 e. The summed E-state index contributed by atoms with van der Waals surface area (Å²) in [4.78, 5) is 11.2. The molecule has 1 aromatic carbocycles. The van der Waals surface area contributed by atoms with Crippen LogP contribution in [-0.4, -0.2) is 16.9 Å². The molecule has 1 atom stereocenters. The standard InChI is InChI=1S/C17H26N2OS/c1-12(2)6-5-7-13(3)18-17(21)19-16-10-8-15(9-11-16)14(4)20/h8-13H,5-7H2,1-4H3,(H2,18,19,21). The van der Waals surface area contributed by atoms with Crippen LogP contribution in [0.5, 0.6) is 0 Å². The minimum Gasteiger partial charge on any atom is -0.360 e. The third kappa shape index (κ3) is 7.23. The van der Waals surface area contributed by atoms with Gasteiger partial charge in [0.1, 0.15) is 0 Å². The van der Waals surface area contributed by atoms with E-state index in [4.69, 9.17) is 12.2 Å². The van der Waals surface area contributed by atoms with Crippen molar-refractivity contribution >= 4 is 28.8 Å². The first-order valence-corrected chi connectivity index (χ1v) is 7.98. The summed E-state index contributed by atoms with van der Waals surface area (Å²) in [6, 6.07) is 7.71. The molecule has 0 saturated carbocycles. The van der Waals surface area contributed by atoms with Gasteiger partial charge in [-0.15, -0.1) is 0 Å². The summed E-state index contributed by atoms with van der Waals surface area (Å²) in [5.41, 5.74) is 1.60. The highest BCUT2D eigenvalue weighted by atomic mass is 32.1. The molecule has 0 aliphatic heterocycles.